The highest BCUT2D eigenvalue weighted by molar-refractivity contribution is 14.1. The molecular formula is C22H18IN3O2. The number of pyridine rings is 1. The second kappa shape index (κ2) is 8.10. The van der Waals surface area contributed by atoms with Crippen LogP contribution in [-0.2, 0) is 13.0 Å². The lowest BCUT2D eigenvalue weighted by Gasteiger charge is -2.16. The molecule has 4 aromatic rings. The maximum atomic E-state index is 13.4. The molecule has 6 heteroatoms. The third kappa shape index (κ3) is 3.52. The van der Waals surface area contributed by atoms with Crippen LogP contribution in [0, 0.1) is 3.70 Å². The predicted molar refractivity (Wildman–Crippen MR) is 119 cm³/mol. The van der Waals surface area contributed by atoms with Gasteiger partial charge in [0.05, 0.1) is 23.6 Å². The Balaban J connectivity index is 1.93. The average molecular weight is 483 g/mol. The molecule has 0 fully saturated rings. The van der Waals surface area contributed by atoms with Crippen molar-refractivity contribution in [2.24, 2.45) is 0 Å². The molecule has 4 rings (SSSR count). The molecule has 28 heavy (non-hydrogen) atoms. The van der Waals surface area contributed by atoms with Gasteiger partial charge in [0.1, 0.15) is 15.3 Å². The lowest BCUT2D eigenvalue weighted by Crippen LogP contribution is -2.25. The lowest BCUT2D eigenvalue weighted by atomic mass is 10.1. The van der Waals surface area contributed by atoms with E-state index in [4.69, 9.17) is 9.72 Å². The lowest BCUT2D eigenvalue weighted by molar-refractivity contribution is 0.415. The van der Waals surface area contributed by atoms with E-state index in [9.17, 15) is 4.79 Å². The van der Waals surface area contributed by atoms with Gasteiger partial charge in [0.15, 0.2) is 0 Å². The standard InChI is InChI=1S/C22H18IN3O2/c1-28-18-10-6-5-9-16(18)21-25-17-11-13-24-20(23)19(17)22(27)26(21)14-12-15-7-3-2-4-8-15/h2-11,13H,12,14H2,1H3. The zero-order valence-corrected chi connectivity index (χ0v) is 17.5. The highest BCUT2D eigenvalue weighted by atomic mass is 127. The van der Waals surface area contributed by atoms with Crippen LogP contribution in [0.1, 0.15) is 5.56 Å². The largest absolute Gasteiger partial charge is 0.496 e. The molecule has 0 bridgehead atoms. The maximum absolute atomic E-state index is 13.4. The quantitative estimate of drug-likeness (QED) is 0.314. The summed E-state index contributed by atoms with van der Waals surface area (Å²) >= 11 is 2.09. The zero-order chi connectivity index (χ0) is 19.5. The summed E-state index contributed by atoms with van der Waals surface area (Å²) in [6.45, 7) is 0.518. The predicted octanol–water partition coefficient (Wildman–Crippen LogP) is 4.31. The summed E-state index contributed by atoms with van der Waals surface area (Å²) in [5.41, 5.74) is 2.52. The van der Waals surface area contributed by atoms with Gasteiger partial charge in [-0.15, -0.1) is 0 Å². The Morgan fingerprint density at radius 1 is 1.04 bits per heavy atom. The fourth-order valence-electron chi connectivity index (χ4n) is 3.25. The SMILES string of the molecule is COc1ccccc1-c1nc2ccnc(I)c2c(=O)n1CCc1ccccc1. The monoisotopic (exact) mass is 483 g/mol. The number of nitrogens with zero attached hydrogens (tertiary/aromatic N) is 3. The van der Waals surface area contributed by atoms with Gasteiger partial charge in [-0.2, -0.15) is 0 Å². The molecule has 0 aliphatic heterocycles. The number of ether oxygens (including phenoxy) is 1. The minimum Gasteiger partial charge on any atom is -0.496 e. The number of benzene rings is 2. The molecule has 0 saturated carbocycles. The summed E-state index contributed by atoms with van der Waals surface area (Å²) in [6, 6.07) is 19.5. The summed E-state index contributed by atoms with van der Waals surface area (Å²) in [4.78, 5) is 22.5. The molecule has 0 aliphatic rings. The smallest absolute Gasteiger partial charge is 0.264 e. The number of rotatable bonds is 5. The number of aromatic nitrogens is 3. The van der Waals surface area contributed by atoms with E-state index in [-0.39, 0.29) is 5.56 Å². The van der Waals surface area contributed by atoms with Gasteiger partial charge in [-0.1, -0.05) is 42.5 Å². The van der Waals surface area contributed by atoms with Gasteiger partial charge in [0.2, 0.25) is 0 Å². The van der Waals surface area contributed by atoms with Gasteiger partial charge in [-0.3, -0.25) is 9.36 Å². The summed E-state index contributed by atoms with van der Waals surface area (Å²) in [7, 11) is 1.62. The van der Waals surface area contributed by atoms with E-state index in [2.05, 4.69) is 39.7 Å². The molecule has 2 heterocycles. The number of hydrogen-bond donors (Lipinski definition) is 0. The van der Waals surface area contributed by atoms with E-state index >= 15 is 0 Å². The van der Waals surface area contributed by atoms with Crippen LogP contribution in [0.4, 0.5) is 0 Å². The highest BCUT2D eigenvalue weighted by Gasteiger charge is 2.17. The van der Waals surface area contributed by atoms with Gasteiger partial charge in [-0.05, 0) is 52.8 Å². The summed E-state index contributed by atoms with van der Waals surface area (Å²) in [5, 5.41) is 0.551. The van der Waals surface area contributed by atoms with Crippen molar-refractivity contribution < 1.29 is 4.74 Å². The summed E-state index contributed by atoms with van der Waals surface area (Å²) in [5.74, 6) is 1.29. The van der Waals surface area contributed by atoms with Crippen molar-refractivity contribution in [2.45, 2.75) is 13.0 Å². The first-order valence-corrected chi connectivity index (χ1v) is 9.99. The molecule has 0 N–H and O–H groups in total. The van der Waals surface area contributed by atoms with Crippen LogP contribution in [0.15, 0.2) is 71.7 Å². The molecular weight excluding hydrogens is 465 g/mol. The van der Waals surface area contributed by atoms with Crippen LogP contribution in [0.2, 0.25) is 0 Å². The van der Waals surface area contributed by atoms with Crippen LogP contribution in [-0.4, -0.2) is 21.6 Å². The third-order valence-corrected chi connectivity index (χ3v) is 5.46. The Labute approximate surface area is 176 Å². The zero-order valence-electron chi connectivity index (χ0n) is 15.3. The first-order chi connectivity index (χ1) is 13.7. The van der Waals surface area contributed by atoms with Crippen LogP contribution in [0.3, 0.4) is 0 Å². The van der Waals surface area contributed by atoms with E-state index in [1.807, 2.05) is 42.5 Å². The van der Waals surface area contributed by atoms with Gasteiger partial charge >= 0.3 is 0 Å². The molecule has 0 unspecified atom stereocenters. The van der Waals surface area contributed by atoms with E-state index in [1.54, 1.807) is 23.9 Å². The van der Waals surface area contributed by atoms with Crippen LogP contribution < -0.4 is 10.3 Å². The van der Waals surface area contributed by atoms with Crippen molar-refractivity contribution >= 4 is 33.5 Å². The molecule has 0 radical (unpaired) electrons. The first kappa shape index (κ1) is 18.6. The molecule has 2 aromatic heterocycles. The summed E-state index contributed by atoms with van der Waals surface area (Å²) in [6.07, 6.45) is 2.41. The van der Waals surface area contributed by atoms with Gasteiger partial charge in [0, 0.05) is 12.7 Å². The number of hydrogen-bond acceptors (Lipinski definition) is 4. The van der Waals surface area contributed by atoms with Crippen molar-refractivity contribution in [3.8, 4) is 17.1 Å². The third-order valence-electron chi connectivity index (χ3n) is 4.64. The Morgan fingerprint density at radius 3 is 2.57 bits per heavy atom. The van der Waals surface area contributed by atoms with E-state index in [0.29, 0.717) is 32.7 Å². The molecule has 5 nitrogen and oxygen atoms in total. The highest BCUT2D eigenvalue weighted by Crippen LogP contribution is 2.29. The Kier molecular flexibility index (Phi) is 5.38. The van der Waals surface area contributed by atoms with Gasteiger partial charge in [-0.25, -0.2) is 9.97 Å². The fourth-order valence-corrected chi connectivity index (χ4v) is 3.92. The van der Waals surface area contributed by atoms with Crippen LogP contribution >= 0.6 is 22.6 Å². The van der Waals surface area contributed by atoms with Gasteiger partial charge < -0.3 is 4.74 Å². The minimum absolute atomic E-state index is 0.0839. The number of halogens is 1. The Hall–Kier alpha value is -2.74. The summed E-state index contributed by atoms with van der Waals surface area (Å²) < 4.78 is 7.92. The van der Waals surface area contributed by atoms with Crippen molar-refractivity contribution in [1.82, 2.24) is 14.5 Å². The van der Waals surface area contributed by atoms with Crippen LogP contribution in [0.25, 0.3) is 22.3 Å². The second-order valence-corrected chi connectivity index (χ2v) is 7.35. The Morgan fingerprint density at radius 2 is 1.79 bits per heavy atom. The number of fused-ring (bicyclic) bond motifs is 1. The first-order valence-electron chi connectivity index (χ1n) is 8.91. The average Bonchev–Trinajstić information content (AvgIpc) is 2.73. The molecule has 0 aliphatic carbocycles. The van der Waals surface area contributed by atoms with Crippen molar-refractivity contribution in [3.63, 3.8) is 0 Å². The fraction of sp³-hybridized carbons (Fsp3) is 0.136. The molecule has 0 saturated heterocycles. The van der Waals surface area contributed by atoms with Crippen LogP contribution in [0.5, 0.6) is 5.75 Å². The van der Waals surface area contributed by atoms with E-state index < -0.39 is 0 Å². The second-order valence-electron chi connectivity index (χ2n) is 6.32. The number of aryl methyl sites for hydroxylation is 1. The molecule has 0 spiro atoms. The van der Waals surface area contributed by atoms with Crippen molar-refractivity contribution in [1.29, 1.82) is 0 Å². The number of methoxy groups -OCH3 is 1. The Bertz CT molecular complexity index is 1190. The molecule has 2 aromatic carbocycles. The molecule has 0 amide bonds. The topological polar surface area (TPSA) is 57.0 Å². The number of para-hydroxylation sites is 1. The van der Waals surface area contributed by atoms with E-state index in [1.165, 1.54) is 5.56 Å². The molecule has 140 valence electrons. The maximum Gasteiger partial charge on any atom is 0.264 e. The molecule has 0 atom stereocenters. The minimum atomic E-state index is -0.0839. The van der Waals surface area contributed by atoms with E-state index in [0.717, 1.165) is 12.0 Å². The van der Waals surface area contributed by atoms with Gasteiger partial charge in [0.25, 0.3) is 5.56 Å². The normalized spacial score (nSPS) is 10.9. The van der Waals surface area contributed by atoms with Crippen molar-refractivity contribution in [3.05, 3.63) is 86.5 Å². The van der Waals surface area contributed by atoms with Crippen molar-refractivity contribution in [2.75, 3.05) is 7.11 Å².